The molecule has 1 aliphatic rings. The van der Waals surface area contributed by atoms with Crippen molar-refractivity contribution in [1.29, 1.82) is 0 Å². The standard InChI is InChI=1S/C14H18O5/c1-18-11-8-9(15)7-10(12(11)19-2)14(13(16)17)5-3-4-6-14/h7-8,15H,3-6H2,1-2H3,(H,16,17). The van der Waals surface area contributed by atoms with Crippen LogP contribution in [0, 0.1) is 0 Å². The van der Waals surface area contributed by atoms with Crippen LogP contribution >= 0.6 is 0 Å². The van der Waals surface area contributed by atoms with Crippen LogP contribution in [-0.2, 0) is 10.2 Å². The molecule has 19 heavy (non-hydrogen) atoms. The first-order valence-corrected chi connectivity index (χ1v) is 6.24. The van der Waals surface area contributed by atoms with Crippen LogP contribution in [0.2, 0.25) is 0 Å². The van der Waals surface area contributed by atoms with Gasteiger partial charge in [-0.1, -0.05) is 12.8 Å². The zero-order chi connectivity index (χ0) is 14.0. The van der Waals surface area contributed by atoms with Crippen molar-refractivity contribution in [2.75, 3.05) is 14.2 Å². The minimum absolute atomic E-state index is 0.0137. The number of carboxylic acids is 1. The van der Waals surface area contributed by atoms with E-state index in [0.29, 0.717) is 29.9 Å². The summed E-state index contributed by atoms with van der Waals surface area (Å²) in [5.41, 5.74) is -0.492. The van der Waals surface area contributed by atoms with Gasteiger partial charge in [-0.15, -0.1) is 0 Å². The molecule has 5 nitrogen and oxygen atoms in total. The molecule has 1 saturated carbocycles. The number of aromatic hydroxyl groups is 1. The van der Waals surface area contributed by atoms with Crippen molar-refractivity contribution in [3.8, 4) is 17.2 Å². The Balaban J connectivity index is 2.65. The zero-order valence-electron chi connectivity index (χ0n) is 11.1. The van der Waals surface area contributed by atoms with Crippen LogP contribution in [0.5, 0.6) is 17.2 Å². The van der Waals surface area contributed by atoms with E-state index in [4.69, 9.17) is 9.47 Å². The third-order valence-corrected chi connectivity index (χ3v) is 3.85. The summed E-state index contributed by atoms with van der Waals surface area (Å²) < 4.78 is 10.5. The third-order valence-electron chi connectivity index (χ3n) is 3.85. The maximum Gasteiger partial charge on any atom is 0.314 e. The highest BCUT2D eigenvalue weighted by Crippen LogP contribution is 2.49. The van der Waals surface area contributed by atoms with Crippen LogP contribution in [0.4, 0.5) is 0 Å². The lowest BCUT2D eigenvalue weighted by Gasteiger charge is -2.27. The Morgan fingerprint density at radius 3 is 2.32 bits per heavy atom. The Kier molecular flexibility index (Phi) is 3.55. The van der Waals surface area contributed by atoms with Crippen molar-refractivity contribution in [3.63, 3.8) is 0 Å². The predicted octanol–water partition coefficient (Wildman–Crippen LogP) is 2.31. The lowest BCUT2D eigenvalue weighted by atomic mass is 9.78. The van der Waals surface area contributed by atoms with Crippen molar-refractivity contribution in [2.24, 2.45) is 0 Å². The molecule has 5 heteroatoms. The van der Waals surface area contributed by atoms with Crippen molar-refractivity contribution in [3.05, 3.63) is 17.7 Å². The first-order chi connectivity index (χ1) is 9.05. The third kappa shape index (κ3) is 2.09. The lowest BCUT2D eigenvalue weighted by Crippen LogP contribution is -2.33. The SMILES string of the molecule is COc1cc(O)cc(C2(C(=O)O)CCCC2)c1OC. The molecule has 1 aromatic carbocycles. The molecule has 0 unspecified atom stereocenters. The van der Waals surface area contributed by atoms with Gasteiger partial charge in [-0.25, -0.2) is 0 Å². The molecular formula is C14H18O5. The molecule has 0 saturated heterocycles. The average Bonchev–Trinajstić information content (AvgIpc) is 2.88. The van der Waals surface area contributed by atoms with Crippen molar-refractivity contribution < 1.29 is 24.5 Å². The van der Waals surface area contributed by atoms with E-state index in [1.54, 1.807) is 0 Å². The van der Waals surface area contributed by atoms with Gasteiger partial charge in [0.05, 0.1) is 19.6 Å². The molecular weight excluding hydrogens is 248 g/mol. The normalized spacial score (nSPS) is 17.2. The Bertz CT molecular complexity index is 489. The number of benzene rings is 1. The topological polar surface area (TPSA) is 76.0 Å². The Labute approximate surface area is 111 Å². The van der Waals surface area contributed by atoms with Gasteiger partial charge in [-0.05, 0) is 18.9 Å². The highest BCUT2D eigenvalue weighted by atomic mass is 16.5. The molecule has 0 atom stereocenters. The number of hydrogen-bond acceptors (Lipinski definition) is 4. The fourth-order valence-corrected chi connectivity index (χ4v) is 2.88. The molecule has 0 aliphatic heterocycles. The van der Waals surface area contributed by atoms with Crippen LogP contribution in [0.3, 0.4) is 0 Å². The van der Waals surface area contributed by atoms with Crippen LogP contribution in [0.25, 0.3) is 0 Å². The van der Waals surface area contributed by atoms with Gasteiger partial charge in [0.2, 0.25) is 0 Å². The Hall–Kier alpha value is -1.91. The van der Waals surface area contributed by atoms with Crippen LogP contribution < -0.4 is 9.47 Å². The van der Waals surface area contributed by atoms with E-state index in [1.165, 1.54) is 26.4 Å². The summed E-state index contributed by atoms with van der Waals surface area (Å²) in [6.07, 6.45) is 2.80. The maximum atomic E-state index is 11.7. The highest BCUT2D eigenvalue weighted by molar-refractivity contribution is 5.84. The van der Waals surface area contributed by atoms with Crippen molar-refractivity contribution in [2.45, 2.75) is 31.1 Å². The number of ether oxygens (including phenoxy) is 2. The second-order valence-corrected chi connectivity index (χ2v) is 4.82. The minimum Gasteiger partial charge on any atom is -0.508 e. The molecule has 104 valence electrons. The second-order valence-electron chi connectivity index (χ2n) is 4.82. The van der Waals surface area contributed by atoms with Gasteiger partial charge < -0.3 is 19.7 Å². The van der Waals surface area contributed by atoms with E-state index in [9.17, 15) is 15.0 Å². The second kappa shape index (κ2) is 4.99. The summed E-state index contributed by atoms with van der Waals surface area (Å²) in [5.74, 6) is -0.147. The Morgan fingerprint density at radius 2 is 1.84 bits per heavy atom. The molecule has 0 bridgehead atoms. The number of carbonyl (C=O) groups is 1. The number of methoxy groups -OCH3 is 2. The molecule has 1 aliphatic carbocycles. The molecule has 0 aromatic heterocycles. The van der Waals surface area contributed by atoms with Gasteiger partial charge in [0.25, 0.3) is 0 Å². The number of hydrogen-bond donors (Lipinski definition) is 2. The van der Waals surface area contributed by atoms with E-state index >= 15 is 0 Å². The van der Waals surface area contributed by atoms with Crippen LogP contribution in [-0.4, -0.2) is 30.4 Å². The Morgan fingerprint density at radius 1 is 1.21 bits per heavy atom. The summed E-state index contributed by atoms with van der Waals surface area (Å²) in [7, 11) is 2.94. The molecule has 1 fully saturated rings. The largest absolute Gasteiger partial charge is 0.508 e. The summed E-state index contributed by atoms with van der Waals surface area (Å²) in [4.78, 5) is 11.7. The fourth-order valence-electron chi connectivity index (χ4n) is 2.88. The lowest BCUT2D eigenvalue weighted by molar-refractivity contribution is -0.143. The number of phenols is 1. The summed E-state index contributed by atoms with van der Waals surface area (Å²) in [5, 5.41) is 19.4. The summed E-state index contributed by atoms with van der Waals surface area (Å²) >= 11 is 0. The number of phenolic OH excluding ortho intramolecular Hbond substituents is 1. The van der Waals surface area contributed by atoms with Gasteiger partial charge in [0.15, 0.2) is 11.5 Å². The molecule has 2 N–H and O–H groups in total. The fraction of sp³-hybridized carbons (Fsp3) is 0.500. The quantitative estimate of drug-likeness (QED) is 0.874. The number of carboxylic acid groups (broad SMARTS) is 1. The average molecular weight is 266 g/mol. The number of aliphatic carboxylic acids is 1. The van der Waals surface area contributed by atoms with Gasteiger partial charge in [0, 0.05) is 11.6 Å². The number of rotatable bonds is 4. The van der Waals surface area contributed by atoms with E-state index in [2.05, 4.69) is 0 Å². The van der Waals surface area contributed by atoms with Crippen molar-refractivity contribution in [1.82, 2.24) is 0 Å². The monoisotopic (exact) mass is 266 g/mol. The first kappa shape index (κ1) is 13.5. The highest BCUT2D eigenvalue weighted by Gasteiger charge is 2.45. The van der Waals surface area contributed by atoms with Gasteiger partial charge in [-0.3, -0.25) is 4.79 Å². The maximum absolute atomic E-state index is 11.7. The van der Waals surface area contributed by atoms with Crippen molar-refractivity contribution >= 4 is 5.97 Å². The van der Waals surface area contributed by atoms with Crippen LogP contribution in [0.1, 0.15) is 31.2 Å². The van der Waals surface area contributed by atoms with E-state index in [0.717, 1.165) is 12.8 Å². The molecule has 2 rings (SSSR count). The van der Waals surface area contributed by atoms with Gasteiger partial charge in [0.1, 0.15) is 5.75 Å². The summed E-state index contributed by atoms with van der Waals surface area (Å²) in [6.45, 7) is 0. The van der Waals surface area contributed by atoms with E-state index in [-0.39, 0.29) is 5.75 Å². The first-order valence-electron chi connectivity index (χ1n) is 6.24. The smallest absolute Gasteiger partial charge is 0.314 e. The van der Waals surface area contributed by atoms with Gasteiger partial charge >= 0.3 is 5.97 Å². The van der Waals surface area contributed by atoms with E-state index in [1.807, 2.05) is 0 Å². The van der Waals surface area contributed by atoms with Crippen LogP contribution in [0.15, 0.2) is 12.1 Å². The molecule has 0 amide bonds. The van der Waals surface area contributed by atoms with Gasteiger partial charge in [-0.2, -0.15) is 0 Å². The zero-order valence-corrected chi connectivity index (χ0v) is 11.1. The molecule has 1 aromatic rings. The molecule has 0 spiro atoms. The van der Waals surface area contributed by atoms with E-state index < -0.39 is 11.4 Å². The molecule has 0 heterocycles. The minimum atomic E-state index is -0.989. The summed E-state index contributed by atoms with van der Waals surface area (Å²) in [6, 6.07) is 2.90. The molecule has 0 radical (unpaired) electrons. The predicted molar refractivity (Wildman–Crippen MR) is 69.0 cm³/mol.